The third kappa shape index (κ3) is 2.81. The number of anilines is 1. The minimum absolute atomic E-state index is 0.369. The van der Waals surface area contributed by atoms with Gasteiger partial charge in [0.1, 0.15) is 0 Å². The Hall–Kier alpha value is -1.02. The van der Waals surface area contributed by atoms with Gasteiger partial charge in [-0.05, 0) is 42.9 Å². The highest BCUT2D eigenvalue weighted by molar-refractivity contribution is 5.48. The highest BCUT2D eigenvalue weighted by atomic mass is 16.3. The number of nitrogens with zero attached hydrogens (tertiary/aromatic N) is 1. The third-order valence-electron chi connectivity index (χ3n) is 3.91. The van der Waals surface area contributed by atoms with Gasteiger partial charge in [0.15, 0.2) is 0 Å². The first-order valence-electron chi connectivity index (χ1n) is 6.61. The van der Waals surface area contributed by atoms with Crippen LogP contribution in [0.25, 0.3) is 0 Å². The molecule has 1 N–H and O–H groups in total. The number of hydrogen-bond acceptors (Lipinski definition) is 2. The Bertz CT molecular complexity index is 356. The van der Waals surface area contributed by atoms with Crippen molar-refractivity contribution >= 4 is 5.69 Å². The van der Waals surface area contributed by atoms with Crippen molar-refractivity contribution in [2.24, 2.45) is 11.8 Å². The zero-order valence-electron chi connectivity index (χ0n) is 11.1. The number of aliphatic hydroxyl groups is 1. The average molecular weight is 233 g/mol. The zero-order valence-corrected chi connectivity index (χ0v) is 11.1. The topological polar surface area (TPSA) is 23.5 Å². The fourth-order valence-electron chi connectivity index (χ4n) is 2.53. The van der Waals surface area contributed by atoms with Crippen molar-refractivity contribution in [2.75, 3.05) is 18.0 Å². The van der Waals surface area contributed by atoms with Crippen LogP contribution in [-0.4, -0.2) is 18.2 Å². The van der Waals surface area contributed by atoms with Gasteiger partial charge in [-0.3, -0.25) is 0 Å². The van der Waals surface area contributed by atoms with Gasteiger partial charge in [-0.15, -0.1) is 0 Å². The maximum Gasteiger partial charge on any atom is 0.0761 e. The van der Waals surface area contributed by atoms with Crippen LogP contribution in [0.1, 0.15) is 38.9 Å². The molecule has 1 saturated heterocycles. The molecule has 1 heterocycles. The van der Waals surface area contributed by atoms with Crippen molar-refractivity contribution in [3.05, 3.63) is 29.8 Å². The Morgan fingerprint density at radius 1 is 1.18 bits per heavy atom. The molecule has 1 fully saturated rings. The molecule has 2 heteroatoms. The van der Waals surface area contributed by atoms with Crippen molar-refractivity contribution in [1.29, 1.82) is 0 Å². The lowest BCUT2D eigenvalue weighted by Crippen LogP contribution is -2.21. The van der Waals surface area contributed by atoms with E-state index in [-0.39, 0.29) is 6.10 Å². The van der Waals surface area contributed by atoms with Gasteiger partial charge in [-0.2, -0.15) is 0 Å². The first kappa shape index (κ1) is 12.4. The van der Waals surface area contributed by atoms with Crippen LogP contribution in [0.5, 0.6) is 0 Å². The van der Waals surface area contributed by atoms with Crippen LogP contribution >= 0.6 is 0 Å². The maximum absolute atomic E-state index is 9.48. The smallest absolute Gasteiger partial charge is 0.0761 e. The van der Waals surface area contributed by atoms with E-state index >= 15 is 0 Å². The summed E-state index contributed by atoms with van der Waals surface area (Å²) in [7, 11) is 0. The van der Waals surface area contributed by atoms with Crippen molar-refractivity contribution in [3.8, 4) is 0 Å². The van der Waals surface area contributed by atoms with Gasteiger partial charge in [-0.25, -0.2) is 0 Å². The standard InChI is InChI=1S/C15H23NO/c1-11(2)14-8-9-16(10-14)15-6-4-13(5-7-15)12(3)17/h4-7,11-12,14,17H,8-10H2,1-3H3. The average Bonchev–Trinajstić information content (AvgIpc) is 2.78. The molecule has 0 bridgehead atoms. The van der Waals surface area contributed by atoms with Gasteiger partial charge in [0.25, 0.3) is 0 Å². The molecule has 2 atom stereocenters. The Morgan fingerprint density at radius 3 is 2.29 bits per heavy atom. The molecule has 1 aliphatic heterocycles. The summed E-state index contributed by atoms with van der Waals surface area (Å²) in [6.07, 6.45) is 0.932. The van der Waals surface area contributed by atoms with Gasteiger partial charge >= 0.3 is 0 Å². The third-order valence-corrected chi connectivity index (χ3v) is 3.91. The highest BCUT2D eigenvalue weighted by Gasteiger charge is 2.24. The van der Waals surface area contributed by atoms with Crippen LogP contribution in [0.4, 0.5) is 5.69 Å². The lowest BCUT2D eigenvalue weighted by Gasteiger charge is -2.20. The van der Waals surface area contributed by atoms with E-state index in [4.69, 9.17) is 0 Å². The minimum Gasteiger partial charge on any atom is -0.389 e. The summed E-state index contributed by atoms with van der Waals surface area (Å²) in [5, 5.41) is 9.48. The molecule has 0 aromatic heterocycles. The quantitative estimate of drug-likeness (QED) is 0.866. The van der Waals surface area contributed by atoms with Crippen molar-refractivity contribution in [3.63, 3.8) is 0 Å². The predicted octanol–water partition coefficient (Wildman–Crippen LogP) is 3.22. The lowest BCUT2D eigenvalue weighted by atomic mass is 9.95. The molecule has 0 spiro atoms. The molecule has 2 nitrogen and oxygen atoms in total. The van der Waals surface area contributed by atoms with Gasteiger partial charge in [0, 0.05) is 18.8 Å². The monoisotopic (exact) mass is 233 g/mol. The molecule has 1 aromatic rings. The Kier molecular flexibility index (Phi) is 3.72. The van der Waals surface area contributed by atoms with Crippen molar-refractivity contribution in [2.45, 2.75) is 33.3 Å². The van der Waals surface area contributed by atoms with Gasteiger partial charge in [0.2, 0.25) is 0 Å². The number of benzene rings is 1. The second-order valence-corrected chi connectivity index (χ2v) is 5.51. The molecule has 0 radical (unpaired) electrons. The normalized spacial score (nSPS) is 22.2. The molecule has 1 aliphatic rings. The summed E-state index contributed by atoms with van der Waals surface area (Å²) in [4.78, 5) is 2.45. The van der Waals surface area contributed by atoms with Crippen LogP contribution in [-0.2, 0) is 0 Å². The fraction of sp³-hybridized carbons (Fsp3) is 0.600. The minimum atomic E-state index is -0.369. The molecular weight excluding hydrogens is 210 g/mol. The van der Waals surface area contributed by atoms with E-state index in [0.717, 1.165) is 23.9 Å². The second-order valence-electron chi connectivity index (χ2n) is 5.51. The molecule has 2 rings (SSSR count). The van der Waals surface area contributed by atoms with Crippen LogP contribution in [0, 0.1) is 11.8 Å². The van der Waals surface area contributed by atoms with Crippen molar-refractivity contribution in [1.82, 2.24) is 0 Å². The maximum atomic E-state index is 9.48. The van der Waals surface area contributed by atoms with Gasteiger partial charge in [0.05, 0.1) is 6.10 Å². The molecule has 17 heavy (non-hydrogen) atoms. The van der Waals surface area contributed by atoms with Crippen molar-refractivity contribution < 1.29 is 5.11 Å². The molecule has 2 unspecified atom stereocenters. The van der Waals surface area contributed by atoms with Crippen LogP contribution in [0.2, 0.25) is 0 Å². The van der Waals surface area contributed by atoms with E-state index in [2.05, 4.69) is 30.9 Å². The molecular formula is C15H23NO. The van der Waals surface area contributed by atoms with Crippen LogP contribution < -0.4 is 4.90 Å². The summed E-state index contributed by atoms with van der Waals surface area (Å²) in [6, 6.07) is 8.32. The summed E-state index contributed by atoms with van der Waals surface area (Å²) >= 11 is 0. The molecule has 1 aromatic carbocycles. The Balaban J connectivity index is 2.04. The summed E-state index contributed by atoms with van der Waals surface area (Å²) < 4.78 is 0. The number of rotatable bonds is 3. The Labute approximate surface area is 104 Å². The highest BCUT2D eigenvalue weighted by Crippen LogP contribution is 2.28. The van der Waals surface area contributed by atoms with E-state index in [1.807, 2.05) is 12.1 Å². The first-order valence-corrected chi connectivity index (χ1v) is 6.61. The Morgan fingerprint density at radius 2 is 1.82 bits per heavy atom. The van der Waals surface area contributed by atoms with E-state index in [0.29, 0.717) is 0 Å². The molecule has 94 valence electrons. The van der Waals surface area contributed by atoms with Crippen LogP contribution in [0.3, 0.4) is 0 Å². The van der Waals surface area contributed by atoms with E-state index in [1.54, 1.807) is 6.92 Å². The predicted molar refractivity (Wildman–Crippen MR) is 72.2 cm³/mol. The van der Waals surface area contributed by atoms with Gasteiger partial charge < -0.3 is 10.0 Å². The molecule has 0 saturated carbocycles. The number of aliphatic hydroxyl groups excluding tert-OH is 1. The summed E-state index contributed by atoms with van der Waals surface area (Å²) in [5.41, 5.74) is 2.28. The van der Waals surface area contributed by atoms with Gasteiger partial charge in [-0.1, -0.05) is 26.0 Å². The second kappa shape index (κ2) is 5.09. The van der Waals surface area contributed by atoms with E-state index in [9.17, 15) is 5.11 Å². The number of hydrogen-bond donors (Lipinski definition) is 1. The summed E-state index contributed by atoms with van der Waals surface area (Å²) in [5.74, 6) is 1.60. The molecule has 0 amide bonds. The zero-order chi connectivity index (χ0) is 12.4. The first-order chi connectivity index (χ1) is 8.08. The van der Waals surface area contributed by atoms with E-state index in [1.165, 1.54) is 18.7 Å². The largest absolute Gasteiger partial charge is 0.389 e. The fourth-order valence-corrected chi connectivity index (χ4v) is 2.53. The summed E-state index contributed by atoms with van der Waals surface area (Å²) in [6.45, 7) is 8.76. The molecule has 0 aliphatic carbocycles. The van der Waals surface area contributed by atoms with Crippen LogP contribution in [0.15, 0.2) is 24.3 Å². The lowest BCUT2D eigenvalue weighted by molar-refractivity contribution is 0.199. The SMILES string of the molecule is CC(O)c1ccc(N2CCC(C(C)C)C2)cc1. The van der Waals surface area contributed by atoms with E-state index < -0.39 is 0 Å².